The Morgan fingerprint density at radius 2 is 1.78 bits per heavy atom. The van der Waals surface area contributed by atoms with E-state index in [2.05, 4.69) is 0 Å². The Morgan fingerprint density at radius 3 is 2.43 bits per heavy atom. The van der Waals surface area contributed by atoms with Crippen LogP contribution in [0.4, 0.5) is 4.39 Å². The Labute approximate surface area is 135 Å². The minimum Gasteiger partial charge on any atom is -0.341 e. The molecule has 2 aromatic carbocycles. The van der Waals surface area contributed by atoms with Crippen molar-refractivity contribution < 1.29 is 9.18 Å². The van der Waals surface area contributed by atoms with Crippen molar-refractivity contribution in [2.45, 2.75) is 25.3 Å². The number of halogens is 1. The molecular weight excluding hydrogens is 291 g/mol. The van der Waals surface area contributed by atoms with Crippen molar-refractivity contribution in [3.05, 3.63) is 59.9 Å². The third kappa shape index (κ3) is 3.59. The summed E-state index contributed by atoms with van der Waals surface area (Å²) in [6.07, 6.45) is 2.29. The fraction of sp³-hybridized carbons (Fsp3) is 0.316. The van der Waals surface area contributed by atoms with Crippen molar-refractivity contribution in [2.75, 3.05) is 13.1 Å². The molecule has 1 fully saturated rings. The number of benzene rings is 2. The molecule has 1 aliphatic heterocycles. The minimum absolute atomic E-state index is 0.0750. The number of hydrogen-bond donors (Lipinski definition) is 1. The Bertz CT molecular complexity index is 681. The van der Waals surface area contributed by atoms with Crippen LogP contribution in [0.15, 0.2) is 48.5 Å². The summed E-state index contributed by atoms with van der Waals surface area (Å²) in [4.78, 5) is 14.0. The number of amides is 1. The highest BCUT2D eigenvalue weighted by Crippen LogP contribution is 2.22. The highest BCUT2D eigenvalue weighted by atomic mass is 19.1. The average molecular weight is 312 g/mol. The molecule has 1 amide bonds. The summed E-state index contributed by atoms with van der Waals surface area (Å²) in [5.41, 5.74) is 8.27. The van der Waals surface area contributed by atoms with E-state index in [0.717, 1.165) is 37.1 Å². The molecular formula is C19H21FN2O. The quantitative estimate of drug-likeness (QED) is 0.943. The minimum atomic E-state index is -0.676. The molecule has 0 radical (unpaired) electrons. The molecule has 1 heterocycles. The van der Waals surface area contributed by atoms with Gasteiger partial charge in [0.2, 0.25) is 5.91 Å². The van der Waals surface area contributed by atoms with Gasteiger partial charge in [-0.25, -0.2) is 4.39 Å². The predicted octanol–water partition coefficient (Wildman–Crippen LogP) is 2.98. The van der Waals surface area contributed by atoms with Gasteiger partial charge in [0.1, 0.15) is 5.82 Å². The summed E-state index contributed by atoms with van der Waals surface area (Å²) in [5, 5.41) is 0. The number of nitrogens with two attached hydrogens (primary N) is 1. The number of rotatable bonds is 4. The maximum Gasteiger partial charge on any atom is 0.239 e. The van der Waals surface area contributed by atoms with E-state index in [1.54, 1.807) is 11.0 Å². The third-order valence-electron chi connectivity index (χ3n) is 4.33. The van der Waals surface area contributed by atoms with Crippen LogP contribution in [0.25, 0.3) is 11.1 Å². The predicted molar refractivity (Wildman–Crippen MR) is 89.3 cm³/mol. The van der Waals surface area contributed by atoms with Crippen LogP contribution in [0.5, 0.6) is 0 Å². The molecule has 1 aliphatic rings. The lowest BCUT2D eigenvalue weighted by atomic mass is 10.00. The van der Waals surface area contributed by atoms with Gasteiger partial charge < -0.3 is 10.6 Å². The average Bonchev–Trinajstić information content (AvgIpc) is 3.11. The van der Waals surface area contributed by atoms with Crippen LogP contribution in [0, 0.1) is 5.82 Å². The molecule has 2 aromatic rings. The topological polar surface area (TPSA) is 46.3 Å². The normalized spacial score (nSPS) is 15.7. The number of nitrogens with zero attached hydrogens (tertiary/aromatic N) is 1. The van der Waals surface area contributed by atoms with E-state index in [-0.39, 0.29) is 18.1 Å². The molecule has 1 atom stereocenters. The van der Waals surface area contributed by atoms with Crippen molar-refractivity contribution in [1.82, 2.24) is 4.90 Å². The zero-order valence-corrected chi connectivity index (χ0v) is 13.0. The van der Waals surface area contributed by atoms with Crippen LogP contribution in [0.3, 0.4) is 0 Å². The standard InChI is InChI=1S/C19H21FN2O/c20-17-12-15(14-6-2-1-3-7-14)8-9-16(17)13-18(21)19(23)22-10-4-5-11-22/h1-3,6-9,12,18H,4-5,10-11,13,21H2/t18-/m0/s1. The van der Waals surface area contributed by atoms with Gasteiger partial charge in [0.05, 0.1) is 6.04 Å². The van der Waals surface area contributed by atoms with Crippen molar-refractivity contribution in [2.24, 2.45) is 5.73 Å². The molecule has 0 spiro atoms. The van der Waals surface area contributed by atoms with Crippen LogP contribution < -0.4 is 5.73 Å². The second kappa shape index (κ2) is 6.92. The van der Waals surface area contributed by atoms with Crippen LogP contribution in [-0.2, 0) is 11.2 Å². The van der Waals surface area contributed by atoms with E-state index >= 15 is 0 Å². The molecule has 4 heteroatoms. The zero-order chi connectivity index (χ0) is 16.2. The van der Waals surface area contributed by atoms with Crippen LogP contribution in [0.2, 0.25) is 0 Å². The first kappa shape index (κ1) is 15.7. The van der Waals surface area contributed by atoms with E-state index in [1.807, 2.05) is 36.4 Å². The smallest absolute Gasteiger partial charge is 0.239 e. The van der Waals surface area contributed by atoms with Gasteiger partial charge in [-0.05, 0) is 42.0 Å². The van der Waals surface area contributed by atoms with Crippen molar-refractivity contribution in [3.8, 4) is 11.1 Å². The van der Waals surface area contributed by atoms with Crippen LogP contribution in [-0.4, -0.2) is 29.9 Å². The number of carbonyl (C=O) groups is 1. The molecule has 1 saturated heterocycles. The van der Waals surface area contributed by atoms with Crippen LogP contribution >= 0.6 is 0 Å². The largest absolute Gasteiger partial charge is 0.341 e. The van der Waals surface area contributed by atoms with Crippen LogP contribution in [0.1, 0.15) is 18.4 Å². The number of hydrogen-bond acceptors (Lipinski definition) is 2. The monoisotopic (exact) mass is 312 g/mol. The molecule has 3 nitrogen and oxygen atoms in total. The summed E-state index contributed by atoms with van der Waals surface area (Å²) in [5.74, 6) is -0.384. The lowest BCUT2D eigenvalue weighted by molar-refractivity contribution is -0.131. The molecule has 23 heavy (non-hydrogen) atoms. The lowest BCUT2D eigenvalue weighted by Gasteiger charge is -2.20. The fourth-order valence-corrected chi connectivity index (χ4v) is 3.02. The first-order chi connectivity index (χ1) is 11.1. The maximum atomic E-state index is 14.4. The first-order valence-corrected chi connectivity index (χ1v) is 8.03. The summed E-state index contributed by atoms with van der Waals surface area (Å²) in [6.45, 7) is 1.53. The number of likely N-dealkylation sites (tertiary alicyclic amines) is 1. The molecule has 0 aromatic heterocycles. The summed E-state index contributed by atoms with van der Waals surface area (Å²) < 4.78 is 14.4. The second-order valence-corrected chi connectivity index (χ2v) is 6.02. The highest BCUT2D eigenvalue weighted by Gasteiger charge is 2.24. The molecule has 0 unspecified atom stereocenters. The van der Waals surface area contributed by atoms with E-state index in [4.69, 9.17) is 5.73 Å². The van der Waals surface area contributed by atoms with E-state index in [9.17, 15) is 9.18 Å². The Hall–Kier alpha value is -2.20. The summed E-state index contributed by atoms with van der Waals surface area (Å²) >= 11 is 0. The highest BCUT2D eigenvalue weighted by molar-refractivity contribution is 5.82. The van der Waals surface area contributed by atoms with Crippen molar-refractivity contribution >= 4 is 5.91 Å². The molecule has 0 bridgehead atoms. The van der Waals surface area contributed by atoms with Gasteiger partial charge in [-0.3, -0.25) is 4.79 Å². The molecule has 3 rings (SSSR count). The van der Waals surface area contributed by atoms with Gasteiger partial charge in [-0.2, -0.15) is 0 Å². The van der Waals surface area contributed by atoms with Gasteiger partial charge >= 0.3 is 0 Å². The Balaban J connectivity index is 1.72. The Morgan fingerprint density at radius 1 is 1.09 bits per heavy atom. The van der Waals surface area contributed by atoms with E-state index < -0.39 is 6.04 Å². The van der Waals surface area contributed by atoms with Gasteiger partial charge in [0, 0.05) is 13.1 Å². The van der Waals surface area contributed by atoms with Gasteiger partial charge in [0.25, 0.3) is 0 Å². The second-order valence-electron chi connectivity index (χ2n) is 6.02. The molecule has 2 N–H and O–H groups in total. The number of carbonyl (C=O) groups excluding carboxylic acids is 1. The van der Waals surface area contributed by atoms with Gasteiger partial charge in [-0.15, -0.1) is 0 Å². The molecule has 0 saturated carbocycles. The molecule has 120 valence electrons. The lowest BCUT2D eigenvalue weighted by Crippen LogP contribution is -2.43. The van der Waals surface area contributed by atoms with E-state index in [1.165, 1.54) is 6.07 Å². The first-order valence-electron chi connectivity index (χ1n) is 8.03. The van der Waals surface area contributed by atoms with Crippen molar-refractivity contribution in [3.63, 3.8) is 0 Å². The zero-order valence-electron chi connectivity index (χ0n) is 13.0. The molecule has 0 aliphatic carbocycles. The van der Waals surface area contributed by atoms with Crippen molar-refractivity contribution in [1.29, 1.82) is 0 Å². The SMILES string of the molecule is N[C@@H](Cc1ccc(-c2ccccc2)cc1F)C(=O)N1CCCC1. The third-order valence-corrected chi connectivity index (χ3v) is 4.33. The Kier molecular flexibility index (Phi) is 4.72. The summed E-state index contributed by atoms with van der Waals surface area (Å²) in [7, 11) is 0. The summed E-state index contributed by atoms with van der Waals surface area (Å²) in [6, 6.07) is 14.1. The van der Waals surface area contributed by atoms with Gasteiger partial charge in [-0.1, -0.05) is 42.5 Å². The van der Waals surface area contributed by atoms with Gasteiger partial charge in [0.15, 0.2) is 0 Å². The maximum absolute atomic E-state index is 14.4. The van der Waals surface area contributed by atoms with E-state index in [0.29, 0.717) is 5.56 Å². The fourth-order valence-electron chi connectivity index (χ4n) is 3.02.